The molecule has 0 saturated carbocycles. The highest BCUT2D eigenvalue weighted by Gasteiger charge is 2.35. The average Bonchev–Trinajstić information content (AvgIpc) is 3.20. The van der Waals surface area contributed by atoms with Gasteiger partial charge in [-0.2, -0.15) is 4.31 Å². The number of para-hydroxylation sites is 1. The first-order chi connectivity index (χ1) is 17.7. The van der Waals surface area contributed by atoms with Gasteiger partial charge >= 0.3 is 0 Å². The van der Waals surface area contributed by atoms with Gasteiger partial charge in [0.2, 0.25) is 0 Å². The quantitative estimate of drug-likeness (QED) is 0.312. The molecule has 0 radical (unpaired) electrons. The Morgan fingerprint density at radius 3 is 1.81 bits per heavy atom. The molecule has 3 aromatic carbocycles. The van der Waals surface area contributed by atoms with Crippen LogP contribution in [0, 0.1) is 0 Å². The fourth-order valence-electron chi connectivity index (χ4n) is 4.93. The molecule has 0 aliphatic carbocycles. The number of nitrogens with zero attached hydrogens (tertiary/aromatic N) is 3. The molecule has 0 fully saturated rings. The van der Waals surface area contributed by atoms with Crippen LogP contribution in [0.1, 0.15) is 36.5 Å². The van der Waals surface area contributed by atoms with Crippen LogP contribution in [-0.2, 0) is 16.6 Å². The molecule has 37 heavy (non-hydrogen) atoms. The lowest BCUT2D eigenvalue weighted by atomic mass is 9.85. The summed E-state index contributed by atoms with van der Waals surface area (Å²) in [7, 11) is 0.0756. The van der Waals surface area contributed by atoms with E-state index in [9.17, 15) is 18.6 Å². The van der Waals surface area contributed by atoms with Crippen molar-refractivity contribution in [3.63, 3.8) is 0 Å². The van der Waals surface area contributed by atoms with Crippen molar-refractivity contribution in [2.45, 2.75) is 31.3 Å². The number of phenolic OH excluding ortho intramolecular Hbond substituents is 2. The van der Waals surface area contributed by atoms with E-state index in [2.05, 4.69) is 0 Å². The van der Waals surface area contributed by atoms with Gasteiger partial charge in [0.25, 0.3) is 10.0 Å². The minimum atomic E-state index is -3.87. The van der Waals surface area contributed by atoms with Crippen molar-refractivity contribution in [1.29, 1.82) is 0 Å². The number of hydrogen-bond acceptors (Lipinski definition) is 5. The van der Waals surface area contributed by atoms with Crippen molar-refractivity contribution in [3.8, 4) is 11.5 Å². The van der Waals surface area contributed by atoms with Crippen molar-refractivity contribution in [3.05, 3.63) is 89.5 Å². The van der Waals surface area contributed by atoms with Gasteiger partial charge in [0.05, 0.1) is 0 Å². The molecule has 7 nitrogen and oxygen atoms in total. The van der Waals surface area contributed by atoms with E-state index < -0.39 is 15.9 Å². The van der Waals surface area contributed by atoms with Crippen molar-refractivity contribution in [1.82, 2.24) is 13.8 Å². The van der Waals surface area contributed by atoms with E-state index in [4.69, 9.17) is 0 Å². The Bertz CT molecular complexity index is 1410. The second-order valence-electron chi connectivity index (χ2n) is 9.40. The molecule has 196 valence electrons. The van der Waals surface area contributed by atoms with Crippen LogP contribution in [0.15, 0.2) is 77.8 Å². The van der Waals surface area contributed by atoms with Crippen molar-refractivity contribution in [2.75, 3.05) is 33.7 Å². The zero-order valence-corrected chi connectivity index (χ0v) is 22.6. The van der Waals surface area contributed by atoms with E-state index in [1.165, 1.54) is 4.31 Å². The van der Waals surface area contributed by atoms with Gasteiger partial charge in [0, 0.05) is 48.6 Å². The fourth-order valence-corrected chi connectivity index (χ4v) is 6.83. The van der Waals surface area contributed by atoms with Gasteiger partial charge in [-0.05, 0) is 55.6 Å². The van der Waals surface area contributed by atoms with Crippen LogP contribution in [0.5, 0.6) is 11.5 Å². The summed E-state index contributed by atoms with van der Waals surface area (Å²) in [6.07, 6.45) is 0. The molecule has 0 aliphatic rings. The van der Waals surface area contributed by atoms with Crippen LogP contribution in [0.25, 0.3) is 10.9 Å². The fraction of sp³-hybridized carbons (Fsp3) is 0.310. The second kappa shape index (κ2) is 11.0. The zero-order chi connectivity index (χ0) is 26.7. The summed E-state index contributed by atoms with van der Waals surface area (Å²) in [6, 6.07) is 21.6. The molecule has 4 aromatic rings. The predicted molar refractivity (Wildman–Crippen MR) is 148 cm³/mol. The summed E-state index contributed by atoms with van der Waals surface area (Å²) in [5, 5.41) is 21.1. The minimum Gasteiger partial charge on any atom is -0.508 e. The Hall–Kier alpha value is -3.33. The molecule has 4 rings (SSSR count). The lowest BCUT2D eigenvalue weighted by molar-refractivity contribution is 0.376. The first kappa shape index (κ1) is 26.7. The topological polar surface area (TPSA) is 86.0 Å². The molecule has 1 heterocycles. The highest BCUT2D eigenvalue weighted by molar-refractivity contribution is 7.89. The van der Waals surface area contributed by atoms with E-state index in [0.717, 1.165) is 22.0 Å². The number of rotatable bonds is 10. The Balaban J connectivity index is 2.14. The molecule has 0 spiro atoms. The molecule has 0 bridgehead atoms. The number of phenols is 2. The second-order valence-corrected chi connectivity index (χ2v) is 11.2. The Kier molecular flexibility index (Phi) is 7.92. The highest BCUT2D eigenvalue weighted by atomic mass is 32.2. The van der Waals surface area contributed by atoms with E-state index in [-0.39, 0.29) is 16.5 Å². The maximum atomic E-state index is 14.3. The number of benzene rings is 3. The van der Waals surface area contributed by atoms with E-state index in [1.807, 2.05) is 85.9 Å². The summed E-state index contributed by atoms with van der Waals surface area (Å²) >= 11 is 0. The van der Waals surface area contributed by atoms with Gasteiger partial charge in [-0.15, -0.1) is 0 Å². The summed E-state index contributed by atoms with van der Waals surface area (Å²) in [4.78, 5) is 2.04. The molecule has 0 aliphatic heterocycles. The first-order valence-electron chi connectivity index (χ1n) is 12.5. The van der Waals surface area contributed by atoms with Crippen LogP contribution in [0.3, 0.4) is 0 Å². The number of aromatic hydroxyl groups is 2. The van der Waals surface area contributed by atoms with Gasteiger partial charge in [-0.3, -0.25) is 0 Å². The first-order valence-corrected chi connectivity index (χ1v) is 14.0. The molecule has 0 saturated heterocycles. The third-order valence-corrected chi connectivity index (χ3v) is 8.89. The average molecular weight is 522 g/mol. The number of hydrogen-bond donors (Lipinski definition) is 2. The Morgan fingerprint density at radius 2 is 1.32 bits per heavy atom. The maximum Gasteiger partial charge on any atom is 0.259 e. The zero-order valence-electron chi connectivity index (χ0n) is 21.8. The monoisotopic (exact) mass is 521 g/mol. The number of aromatic nitrogens is 1. The van der Waals surface area contributed by atoms with E-state index in [0.29, 0.717) is 31.7 Å². The standard InChI is InChI=1S/C29H35N3O4S/c1-5-31(6-2)37(35,36)29-28(25-9-7-8-10-26(25)32(29)20-19-30(3)4)27(21-11-15-23(33)16-12-21)22-13-17-24(34)18-14-22/h7-18,27,33-34H,5-6,19-20H2,1-4H3. The number of fused-ring (bicyclic) bond motifs is 1. The van der Waals surface area contributed by atoms with Crippen molar-refractivity contribution in [2.24, 2.45) is 0 Å². The molecule has 0 unspecified atom stereocenters. The molecule has 2 N–H and O–H groups in total. The Labute approximate surface area is 219 Å². The van der Waals surface area contributed by atoms with Crippen LogP contribution >= 0.6 is 0 Å². The Morgan fingerprint density at radius 1 is 0.811 bits per heavy atom. The minimum absolute atomic E-state index is 0.137. The largest absolute Gasteiger partial charge is 0.508 e. The van der Waals surface area contributed by atoms with Crippen molar-refractivity contribution >= 4 is 20.9 Å². The maximum absolute atomic E-state index is 14.3. The van der Waals surface area contributed by atoms with E-state index >= 15 is 0 Å². The van der Waals surface area contributed by atoms with Crippen LogP contribution in [-0.4, -0.2) is 66.1 Å². The van der Waals surface area contributed by atoms with Gasteiger partial charge in [0.15, 0.2) is 5.03 Å². The molecular formula is C29H35N3O4S. The lowest BCUT2D eigenvalue weighted by Gasteiger charge is -2.25. The van der Waals surface area contributed by atoms with Gasteiger partial charge < -0.3 is 19.7 Å². The third-order valence-electron chi connectivity index (χ3n) is 6.76. The van der Waals surface area contributed by atoms with Gasteiger partial charge in [-0.1, -0.05) is 56.3 Å². The van der Waals surface area contributed by atoms with Crippen LogP contribution in [0.2, 0.25) is 0 Å². The van der Waals surface area contributed by atoms with Gasteiger partial charge in [-0.25, -0.2) is 8.42 Å². The summed E-state index contributed by atoms with van der Waals surface area (Å²) in [5.41, 5.74) is 3.23. The van der Waals surface area contributed by atoms with E-state index in [1.54, 1.807) is 24.3 Å². The summed E-state index contributed by atoms with van der Waals surface area (Å²) in [6.45, 7) is 5.59. The lowest BCUT2D eigenvalue weighted by Crippen LogP contribution is -2.33. The third kappa shape index (κ3) is 5.23. The van der Waals surface area contributed by atoms with Crippen LogP contribution in [0.4, 0.5) is 0 Å². The molecular weight excluding hydrogens is 486 g/mol. The highest BCUT2D eigenvalue weighted by Crippen LogP contribution is 2.43. The smallest absolute Gasteiger partial charge is 0.259 e. The molecule has 8 heteroatoms. The van der Waals surface area contributed by atoms with Crippen molar-refractivity contribution < 1.29 is 18.6 Å². The van der Waals surface area contributed by atoms with Gasteiger partial charge in [0.1, 0.15) is 11.5 Å². The molecule has 0 amide bonds. The summed E-state index contributed by atoms with van der Waals surface area (Å²) in [5.74, 6) is -0.178. The molecule has 0 atom stereocenters. The SMILES string of the molecule is CCN(CC)S(=O)(=O)c1c(C(c2ccc(O)cc2)c2ccc(O)cc2)c2ccccc2n1CCN(C)C. The normalized spacial score (nSPS) is 12.3. The molecule has 1 aromatic heterocycles. The van der Waals surface area contributed by atoms with Crippen LogP contribution < -0.4 is 0 Å². The number of likely N-dealkylation sites (N-methyl/N-ethyl adjacent to an activating group) is 1. The number of sulfonamides is 1. The summed E-state index contributed by atoms with van der Waals surface area (Å²) < 4.78 is 32.1. The predicted octanol–water partition coefficient (Wildman–Crippen LogP) is 4.82.